The highest BCUT2D eigenvalue weighted by molar-refractivity contribution is 6.05. The second kappa shape index (κ2) is 8.97. The predicted octanol–water partition coefficient (Wildman–Crippen LogP) is 2.67. The van der Waals surface area contributed by atoms with Gasteiger partial charge in [-0.3, -0.25) is 25.2 Å². The number of carbonyl (C=O) groups excluding carboxylic acids is 2. The molecule has 1 heterocycles. The number of benzene rings is 2. The van der Waals surface area contributed by atoms with E-state index >= 15 is 0 Å². The van der Waals surface area contributed by atoms with Gasteiger partial charge in [-0.15, -0.1) is 0 Å². The van der Waals surface area contributed by atoms with E-state index in [0.717, 1.165) is 11.1 Å². The molecule has 0 aliphatic rings. The maximum atomic E-state index is 12.7. The summed E-state index contributed by atoms with van der Waals surface area (Å²) in [6.45, 7) is 4.13. The second-order valence-electron chi connectivity index (χ2n) is 6.56. The van der Waals surface area contributed by atoms with E-state index in [-0.39, 0.29) is 11.3 Å². The van der Waals surface area contributed by atoms with Gasteiger partial charge in [0.2, 0.25) is 0 Å². The third kappa shape index (κ3) is 4.57. The second-order valence-corrected chi connectivity index (χ2v) is 6.56. The number of carbonyl (C=O) groups is 2. The number of fused-ring (bicyclic) bond motifs is 1. The highest BCUT2D eigenvalue weighted by Crippen LogP contribution is 2.14. The number of nitrogens with zero attached hydrogens (tertiary/aromatic N) is 2. The van der Waals surface area contributed by atoms with Crippen LogP contribution in [0.25, 0.3) is 16.3 Å². The van der Waals surface area contributed by atoms with Gasteiger partial charge < -0.3 is 0 Å². The van der Waals surface area contributed by atoms with E-state index < -0.39 is 11.8 Å². The van der Waals surface area contributed by atoms with Crippen LogP contribution in [0.1, 0.15) is 36.3 Å². The Morgan fingerprint density at radius 3 is 2.34 bits per heavy atom. The molecule has 2 aromatic carbocycles. The number of allylic oxidation sites excluding steroid dienone is 1. The first-order valence-corrected chi connectivity index (χ1v) is 9.35. The Hall–Kier alpha value is -3.74. The lowest BCUT2D eigenvalue weighted by Crippen LogP contribution is -2.42. The molecule has 29 heavy (non-hydrogen) atoms. The fraction of sp³-hybridized carbons (Fsp3) is 0.182. The highest BCUT2D eigenvalue weighted by Gasteiger charge is 2.16. The van der Waals surface area contributed by atoms with Gasteiger partial charge in [-0.25, -0.2) is 4.68 Å². The Morgan fingerprint density at radius 1 is 1.00 bits per heavy atom. The van der Waals surface area contributed by atoms with Gasteiger partial charge in [-0.05, 0) is 30.5 Å². The van der Waals surface area contributed by atoms with Crippen molar-refractivity contribution in [1.29, 1.82) is 0 Å². The minimum Gasteiger partial charge on any atom is -0.268 e. The van der Waals surface area contributed by atoms with Gasteiger partial charge in [0.25, 0.3) is 17.4 Å². The first kappa shape index (κ1) is 20.0. The summed E-state index contributed by atoms with van der Waals surface area (Å²) in [5.74, 6) is -1.06. The van der Waals surface area contributed by atoms with Gasteiger partial charge in [0.05, 0.1) is 5.39 Å². The zero-order valence-electron chi connectivity index (χ0n) is 16.3. The lowest BCUT2D eigenvalue weighted by Gasteiger charge is -2.11. The van der Waals surface area contributed by atoms with Crippen LogP contribution in [0.5, 0.6) is 0 Å². The number of hydrogen-bond acceptors (Lipinski definition) is 4. The molecular formula is C22H22N4O3. The van der Waals surface area contributed by atoms with Crippen molar-refractivity contribution < 1.29 is 9.59 Å². The molecule has 1 aromatic heterocycles. The summed E-state index contributed by atoms with van der Waals surface area (Å²) in [5, 5.41) is 5.05. The summed E-state index contributed by atoms with van der Waals surface area (Å²) in [6.07, 6.45) is 2.10. The Labute approximate surface area is 168 Å². The minimum atomic E-state index is -0.592. The van der Waals surface area contributed by atoms with Gasteiger partial charge in [0.15, 0.2) is 5.69 Å². The molecule has 3 aromatic rings. The normalized spacial score (nSPS) is 11.3. The number of nitrogens with one attached hydrogen (secondary N) is 2. The SMILES string of the molecule is CCCn1nc(C(=O)NNC(=O)C=C(C)c2ccccc2)c2ccccc2c1=O. The summed E-state index contributed by atoms with van der Waals surface area (Å²) in [6, 6.07) is 16.2. The van der Waals surface area contributed by atoms with Crippen LogP contribution in [0, 0.1) is 0 Å². The van der Waals surface area contributed by atoms with E-state index in [1.807, 2.05) is 44.2 Å². The van der Waals surface area contributed by atoms with Crippen LogP contribution in [-0.4, -0.2) is 21.6 Å². The lowest BCUT2D eigenvalue weighted by atomic mass is 10.1. The first-order valence-electron chi connectivity index (χ1n) is 9.35. The Bertz CT molecular complexity index is 1130. The third-order valence-electron chi connectivity index (χ3n) is 4.39. The quantitative estimate of drug-likeness (QED) is 0.517. The molecule has 7 heteroatoms. The molecule has 0 atom stereocenters. The lowest BCUT2D eigenvalue weighted by molar-refractivity contribution is -0.117. The summed E-state index contributed by atoms with van der Waals surface area (Å²) >= 11 is 0. The third-order valence-corrected chi connectivity index (χ3v) is 4.39. The molecule has 0 saturated heterocycles. The topological polar surface area (TPSA) is 93.1 Å². The van der Waals surface area contributed by atoms with Crippen molar-refractivity contribution in [3.63, 3.8) is 0 Å². The zero-order valence-corrected chi connectivity index (χ0v) is 16.3. The highest BCUT2D eigenvalue weighted by atomic mass is 16.2. The Kier molecular flexibility index (Phi) is 6.19. The fourth-order valence-electron chi connectivity index (χ4n) is 2.96. The van der Waals surface area contributed by atoms with Gasteiger partial charge >= 0.3 is 0 Å². The largest absolute Gasteiger partial charge is 0.290 e. The van der Waals surface area contributed by atoms with Crippen molar-refractivity contribution in [3.8, 4) is 0 Å². The number of rotatable bonds is 5. The van der Waals surface area contributed by atoms with Gasteiger partial charge in [-0.2, -0.15) is 5.10 Å². The average Bonchev–Trinajstić information content (AvgIpc) is 2.74. The first-order chi connectivity index (χ1) is 14.0. The zero-order chi connectivity index (χ0) is 20.8. The molecule has 0 saturated carbocycles. The van der Waals surface area contributed by atoms with Crippen molar-refractivity contribution in [2.75, 3.05) is 0 Å². The van der Waals surface area contributed by atoms with Crippen molar-refractivity contribution in [2.24, 2.45) is 0 Å². The Balaban J connectivity index is 1.80. The molecule has 0 radical (unpaired) electrons. The van der Waals surface area contributed by atoms with Crippen LogP contribution in [0.4, 0.5) is 0 Å². The van der Waals surface area contributed by atoms with E-state index in [9.17, 15) is 14.4 Å². The van der Waals surface area contributed by atoms with Crippen molar-refractivity contribution in [3.05, 3.63) is 82.3 Å². The fourth-order valence-corrected chi connectivity index (χ4v) is 2.96. The monoisotopic (exact) mass is 390 g/mol. The number of aryl methyl sites for hydroxylation is 1. The number of hydrogen-bond donors (Lipinski definition) is 2. The number of aromatic nitrogens is 2. The standard InChI is InChI=1S/C22H22N4O3/c1-3-13-26-22(29)18-12-8-7-11-17(18)20(25-26)21(28)24-23-19(27)14-15(2)16-9-5-4-6-10-16/h4-12,14H,3,13H2,1-2H3,(H,23,27)(H,24,28). The predicted molar refractivity (Wildman–Crippen MR) is 112 cm³/mol. The summed E-state index contributed by atoms with van der Waals surface area (Å²) in [5.41, 5.74) is 6.25. The van der Waals surface area contributed by atoms with Gasteiger partial charge in [0, 0.05) is 18.0 Å². The molecule has 0 spiro atoms. The molecule has 2 amide bonds. The van der Waals surface area contributed by atoms with Crippen LogP contribution in [0.15, 0.2) is 65.5 Å². The molecule has 7 nitrogen and oxygen atoms in total. The maximum Gasteiger partial charge on any atom is 0.290 e. The Morgan fingerprint density at radius 2 is 1.66 bits per heavy atom. The number of hydrazine groups is 1. The maximum absolute atomic E-state index is 12.7. The van der Waals surface area contributed by atoms with E-state index in [0.29, 0.717) is 23.7 Å². The van der Waals surface area contributed by atoms with Crippen LogP contribution in [0.2, 0.25) is 0 Å². The molecule has 0 aliphatic carbocycles. The summed E-state index contributed by atoms with van der Waals surface area (Å²) < 4.78 is 1.28. The van der Waals surface area contributed by atoms with Crippen LogP contribution < -0.4 is 16.4 Å². The minimum absolute atomic E-state index is 0.0812. The van der Waals surface area contributed by atoms with Crippen LogP contribution in [0.3, 0.4) is 0 Å². The number of amides is 2. The van der Waals surface area contributed by atoms with Gasteiger partial charge in [-0.1, -0.05) is 55.5 Å². The molecule has 2 N–H and O–H groups in total. The summed E-state index contributed by atoms with van der Waals surface area (Å²) in [4.78, 5) is 37.3. The van der Waals surface area contributed by atoms with Crippen molar-refractivity contribution >= 4 is 28.2 Å². The van der Waals surface area contributed by atoms with Crippen LogP contribution in [-0.2, 0) is 11.3 Å². The molecular weight excluding hydrogens is 368 g/mol. The molecule has 0 aliphatic heterocycles. The smallest absolute Gasteiger partial charge is 0.268 e. The van der Waals surface area contributed by atoms with Gasteiger partial charge in [0.1, 0.15) is 0 Å². The van der Waals surface area contributed by atoms with E-state index in [2.05, 4.69) is 16.0 Å². The average molecular weight is 390 g/mol. The summed E-state index contributed by atoms with van der Waals surface area (Å²) in [7, 11) is 0. The molecule has 0 fully saturated rings. The van der Waals surface area contributed by atoms with E-state index in [4.69, 9.17) is 0 Å². The molecule has 0 bridgehead atoms. The van der Waals surface area contributed by atoms with Crippen molar-refractivity contribution in [1.82, 2.24) is 20.6 Å². The van der Waals surface area contributed by atoms with E-state index in [1.54, 1.807) is 24.3 Å². The van der Waals surface area contributed by atoms with E-state index in [1.165, 1.54) is 10.8 Å². The molecule has 3 rings (SSSR count). The molecule has 0 unspecified atom stereocenters. The van der Waals surface area contributed by atoms with Crippen molar-refractivity contribution in [2.45, 2.75) is 26.8 Å². The van der Waals surface area contributed by atoms with Crippen LogP contribution >= 0.6 is 0 Å². The molecule has 148 valence electrons.